The van der Waals surface area contributed by atoms with Crippen molar-refractivity contribution in [3.05, 3.63) is 28.3 Å². The van der Waals surface area contributed by atoms with Gasteiger partial charge < -0.3 is 16.5 Å². The van der Waals surface area contributed by atoms with E-state index < -0.39 is 4.92 Å². The monoisotopic (exact) mass is 253 g/mol. The molecule has 0 aliphatic heterocycles. The third kappa shape index (κ3) is 4.26. The first-order valence-electron chi connectivity index (χ1n) is 5.31. The number of carbonyl (C=O) groups is 1. The standard InChI is InChI=1S/C10H15N5O3/c11-10(16)2-1-3-13-7-4-8(14-12)6-9(5-7)15(17)18/h4-6,13-14H,1-3,12H2,(H2,11,16). The second-order valence-corrected chi connectivity index (χ2v) is 3.67. The molecule has 0 bridgehead atoms. The van der Waals surface area contributed by atoms with E-state index in [-0.39, 0.29) is 18.0 Å². The molecular weight excluding hydrogens is 238 g/mol. The highest BCUT2D eigenvalue weighted by molar-refractivity contribution is 5.73. The summed E-state index contributed by atoms with van der Waals surface area (Å²) < 4.78 is 0. The predicted octanol–water partition coefficient (Wildman–Crippen LogP) is 0.558. The third-order valence-corrected chi connectivity index (χ3v) is 2.22. The number of hydrazine groups is 1. The first-order valence-corrected chi connectivity index (χ1v) is 5.31. The highest BCUT2D eigenvalue weighted by Gasteiger charge is 2.09. The fraction of sp³-hybridized carbons (Fsp3) is 0.300. The molecule has 0 aromatic heterocycles. The summed E-state index contributed by atoms with van der Waals surface area (Å²) in [6.07, 6.45) is 0.827. The summed E-state index contributed by atoms with van der Waals surface area (Å²) >= 11 is 0. The summed E-state index contributed by atoms with van der Waals surface area (Å²) in [6.45, 7) is 0.494. The number of hydrogen-bond donors (Lipinski definition) is 4. The molecule has 8 nitrogen and oxygen atoms in total. The predicted molar refractivity (Wildman–Crippen MR) is 67.8 cm³/mol. The van der Waals surface area contributed by atoms with Crippen LogP contribution in [-0.4, -0.2) is 17.4 Å². The Hall–Kier alpha value is -2.35. The van der Waals surface area contributed by atoms with Crippen molar-refractivity contribution in [2.24, 2.45) is 11.6 Å². The van der Waals surface area contributed by atoms with Crippen molar-refractivity contribution in [1.29, 1.82) is 0 Å². The van der Waals surface area contributed by atoms with Gasteiger partial charge in [0.1, 0.15) is 0 Å². The lowest BCUT2D eigenvalue weighted by Gasteiger charge is -2.08. The number of nitro groups is 1. The van der Waals surface area contributed by atoms with E-state index in [4.69, 9.17) is 11.6 Å². The van der Waals surface area contributed by atoms with E-state index in [1.165, 1.54) is 12.1 Å². The summed E-state index contributed by atoms with van der Waals surface area (Å²) in [5.41, 5.74) is 8.27. The Morgan fingerprint density at radius 2 is 2.00 bits per heavy atom. The summed E-state index contributed by atoms with van der Waals surface area (Å²) in [7, 11) is 0. The van der Waals surface area contributed by atoms with E-state index in [0.29, 0.717) is 24.3 Å². The number of rotatable bonds is 7. The largest absolute Gasteiger partial charge is 0.385 e. The van der Waals surface area contributed by atoms with Crippen LogP contribution in [0.2, 0.25) is 0 Å². The summed E-state index contributed by atoms with van der Waals surface area (Å²) in [5, 5.41) is 13.7. The van der Waals surface area contributed by atoms with Gasteiger partial charge >= 0.3 is 0 Å². The molecule has 0 saturated carbocycles. The van der Waals surface area contributed by atoms with Gasteiger partial charge in [-0.25, -0.2) is 0 Å². The average Bonchev–Trinajstić information content (AvgIpc) is 2.34. The first kappa shape index (κ1) is 13.7. The van der Waals surface area contributed by atoms with Gasteiger partial charge in [-0.1, -0.05) is 0 Å². The van der Waals surface area contributed by atoms with E-state index in [0.717, 1.165) is 0 Å². The van der Waals surface area contributed by atoms with Crippen LogP contribution in [-0.2, 0) is 4.79 Å². The number of primary amides is 1. The quantitative estimate of drug-likeness (QED) is 0.242. The lowest BCUT2D eigenvalue weighted by Crippen LogP contribution is -2.13. The number of hydrogen-bond acceptors (Lipinski definition) is 6. The van der Waals surface area contributed by atoms with Crippen molar-refractivity contribution in [1.82, 2.24) is 0 Å². The Bertz CT molecular complexity index is 449. The Kier molecular flexibility index (Phi) is 4.88. The van der Waals surface area contributed by atoms with Gasteiger partial charge in [0.05, 0.1) is 10.6 Å². The van der Waals surface area contributed by atoms with Crippen LogP contribution in [0.15, 0.2) is 18.2 Å². The number of carbonyl (C=O) groups excluding carboxylic acids is 1. The zero-order valence-electron chi connectivity index (χ0n) is 9.68. The van der Waals surface area contributed by atoms with Crippen LogP contribution in [0, 0.1) is 10.1 Å². The molecule has 1 amide bonds. The number of benzene rings is 1. The maximum Gasteiger partial charge on any atom is 0.273 e. The molecule has 0 saturated heterocycles. The van der Waals surface area contributed by atoms with E-state index >= 15 is 0 Å². The minimum absolute atomic E-state index is 0.0668. The summed E-state index contributed by atoms with van der Waals surface area (Å²) in [6, 6.07) is 4.36. The Morgan fingerprint density at radius 3 is 2.56 bits per heavy atom. The second-order valence-electron chi connectivity index (χ2n) is 3.67. The van der Waals surface area contributed by atoms with Crippen LogP contribution < -0.4 is 22.3 Å². The van der Waals surface area contributed by atoms with Gasteiger partial charge in [-0.15, -0.1) is 0 Å². The fourth-order valence-electron chi connectivity index (χ4n) is 1.40. The maximum atomic E-state index is 10.7. The van der Waals surface area contributed by atoms with E-state index in [1.54, 1.807) is 6.07 Å². The van der Waals surface area contributed by atoms with Gasteiger partial charge in [0, 0.05) is 30.8 Å². The zero-order valence-corrected chi connectivity index (χ0v) is 9.68. The van der Waals surface area contributed by atoms with E-state index in [1.807, 2.05) is 0 Å². The van der Waals surface area contributed by atoms with Gasteiger partial charge in [0.2, 0.25) is 5.91 Å². The van der Waals surface area contributed by atoms with Crippen molar-refractivity contribution in [2.45, 2.75) is 12.8 Å². The normalized spacial score (nSPS) is 9.83. The number of non-ortho nitro benzene ring substituents is 1. The molecule has 0 atom stereocenters. The number of nitrogens with two attached hydrogens (primary N) is 2. The van der Waals surface area contributed by atoms with Crippen LogP contribution in [0.3, 0.4) is 0 Å². The zero-order chi connectivity index (χ0) is 13.5. The highest BCUT2D eigenvalue weighted by atomic mass is 16.6. The minimum atomic E-state index is -0.505. The molecule has 6 N–H and O–H groups in total. The lowest BCUT2D eigenvalue weighted by atomic mass is 10.2. The van der Waals surface area contributed by atoms with Crippen molar-refractivity contribution < 1.29 is 9.72 Å². The van der Waals surface area contributed by atoms with Crippen LogP contribution in [0.5, 0.6) is 0 Å². The molecule has 8 heteroatoms. The lowest BCUT2D eigenvalue weighted by molar-refractivity contribution is -0.384. The summed E-state index contributed by atoms with van der Waals surface area (Å²) in [4.78, 5) is 20.7. The Morgan fingerprint density at radius 1 is 1.33 bits per heavy atom. The topological polar surface area (TPSA) is 136 Å². The van der Waals surface area contributed by atoms with Crippen molar-refractivity contribution in [3.8, 4) is 0 Å². The van der Waals surface area contributed by atoms with Gasteiger partial charge in [-0.2, -0.15) is 0 Å². The number of amides is 1. The maximum absolute atomic E-state index is 10.7. The number of anilines is 2. The molecule has 1 aromatic rings. The minimum Gasteiger partial charge on any atom is -0.385 e. The van der Waals surface area contributed by atoms with Crippen molar-refractivity contribution >= 4 is 23.0 Å². The molecule has 0 radical (unpaired) electrons. The van der Waals surface area contributed by atoms with Crippen LogP contribution in [0.4, 0.5) is 17.1 Å². The van der Waals surface area contributed by atoms with Crippen LogP contribution >= 0.6 is 0 Å². The molecule has 98 valence electrons. The number of nitrogens with zero attached hydrogens (tertiary/aromatic N) is 1. The second kappa shape index (κ2) is 6.40. The average molecular weight is 253 g/mol. The Balaban J connectivity index is 2.66. The van der Waals surface area contributed by atoms with Crippen molar-refractivity contribution in [2.75, 3.05) is 17.3 Å². The molecule has 0 fully saturated rings. The molecule has 0 heterocycles. The van der Waals surface area contributed by atoms with Gasteiger partial charge in [0.25, 0.3) is 5.69 Å². The van der Waals surface area contributed by atoms with Gasteiger partial charge in [-0.3, -0.25) is 20.8 Å². The third-order valence-electron chi connectivity index (χ3n) is 2.22. The van der Waals surface area contributed by atoms with Crippen molar-refractivity contribution in [3.63, 3.8) is 0 Å². The highest BCUT2D eigenvalue weighted by Crippen LogP contribution is 2.23. The molecule has 0 unspecified atom stereocenters. The fourth-order valence-corrected chi connectivity index (χ4v) is 1.40. The molecule has 18 heavy (non-hydrogen) atoms. The van der Waals surface area contributed by atoms with Crippen LogP contribution in [0.1, 0.15) is 12.8 Å². The molecule has 1 rings (SSSR count). The molecule has 1 aromatic carbocycles. The SMILES string of the molecule is NNc1cc(NCCCC(N)=O)cc([N+](=O)[O-])c1. The smallest absolute Gasteiger partial charge is 0.273 e. The van der Waals surface area contributed by atoms with Crippen LogP contribution in [0.25, 0.3) is 0 Å². The number of nitro benzene ring substituents is 1. The molecular formula is C10H15N5O3. The van der Waals surface area contributed by atoms with Gasteiger partial charge in [0.15, 0.2) is 0 Å². The molecule has 0 aliphatic carbocycles. The number of nitrogen functional groups attached to an aromatic ring is 1. The first-order chi connectivity index (χ1) is 8.52. The number of nitrogens with one attached hydrogen (secondary N) is 2. The summed E-state index contributed by atoms with van der Waals surface area (Å²) in [5.74, 6) is 4.85. The van der Waals surface area contributed by atoms with E-state index in [9.17, 15) is 14.9 Å². The molecule has 0 aliphatic rings. The van der Waals surface area contributed by atoms with Gasteiger partial charge in [-0.05, 0) is 12.5 Å². The Labute approximate surface area is 103 Å². The molecule has 0 spiro atoms. The van der Waals surface area contributed by atoms with E-state index in [2.05, 4.69) is 10.7 Å².